The van der Waals surface area contributed by atoms with E-state index in [1.807, 2.05) is 0 Å². The van der Waals surface area contributed by atoms with Gasteiger partial charge in [0.2, 0.25) is 0 Å². The lowest BCUT2D eigenvalue weighted by molar-refractivity contribution is 0.0261. The number of cyclic esters (lactones) is 1. The summed E-state index contributed by atoms with van der Waals surface area (Å²) < 4.78 is 4.78. The van der Waals surface area contributed by atoms with Crippen LogP contribution in [0.1, 0.15) is 13.3 Å². The van der Waals surface area contributed by atoms with Gasteiger partial charge in [-0.3, -0.25) is 0 Å². The zero-order valence-corrected chi connectivity index (χ0v) is 6.86. The first-order valence-corrected chi connectivity index (χ1v) is 3.91. The van der Waals surface area contributed by atoms with E-state index in [9.17, 15) is 4.79 Å². The molecule has 0 saturated carbocycles. The van der Waals surface area contributed by atoms with Gasteiger partial charge < -0.3 is 20.3 Å². The Morgan fingerprint density at radius 3 is 2.92 bits per heavy atom. The Labute approximate surface area is 70.3 Å². The van der Waals surface area contributed by atoms with Gasteiger partial charge in [0, 0.05) is 6.61 Å². The summed E-state index contributed by atoms with van der Waals surface area (Å²) in [6.07, 6.45) is -1.37. The van der Waals surface area contributed by atoms with Crippen LogP contribution in [0.25, 0.3) is 0 Å². The zero-order valence-electron chi connectivity index (χ0n) is 6.86. The number of ether oxygens (including phenoxy) is 1. The third-order valence-electron chi connectivity index (χ3n) is 1.86. The molecule has 5 nitrogen and oxygen atoms in total. The van der Waals surface area contributed by atoms with Crippen molar-refractivity contribution in [3.05, 3.63) is 0 Å². The maximum atomic E-state index is 10.7. The molecule has 70 valence electrons. The topological polar surface area (TPSA) is 78.8 Å². The predicted molar refractivity (Wildman–Crippen MR) is 40.6 cm³/mol. The fraction of sp³-hybridized carbons (Fsp3) is 0.857. The Morgan fingerprint density at radius 1 is 1.75 bits per heavy atom. The van der Waals surface area contributed by atoms with Crippen molar-refractivity contribution in [1.29, 1.82) is 0 Å². The number of nitrogens with one attached hydrogen (secondary N) is 1. The normalized spacial score (nSPS) is 31.1. The number of carbonyl (C=O) groups excluding carboxylic acids is 1. The quantitative estimate of drug-likeness (QED) is 0.526. The van der Waals surface area contributed by atoms with Crippen LogP contribution in [0.15, 0.2) is 0 Å². The Bertz CT molecular complexity index is 171. The van der Waals surface area contributed by atoms with Crippen LogP contribution < -0.4 is 5.32 Å². The zero-order chi connectivity index (χ0) is 9.14. The van der Waals surface area contributed by atoms with Crippen molar-refractivity contribution in [2.24, 2.45) is 0 Å². The van der Waals surface area contributed by atoms with E-state index in [1.54, 1.807) is 6.92 Å². The van der Waals surface area contributed by atoms with E-state index in [2.05, 4.69) is 5.32 Å². The van der Waals surface area contributed by atoms with Gasteiger partial charge in [-0.15, -0.1) is 0 Å². The molecule has 1 amide bonds. The van der Waals surface area contributed by atoms with Crippen LogP contribution in [0.4, 0.5) is 4.79 Å². The number of alkyl carbamates (subject to hydrolysis) is 1. The molecule has 1 aliphatic rings. The number of hydrogen-bond acceptors (Lipinski definition) is 4. The van der Waals surface area contributed by atoms with E-state index in [0.29, 0.717) is 6.42 Å². The summed E-state index contributed by atoms with van der Waals surface area (Å²) >= 11 is 0. The summed E-state index contributed by atoms with van der Waals surface area (Å²) in [5.74, 6) is 0. The molecule has 1 fully saturated rings. The molecule has 1 heterocycles. The summed E-state index contributed by atoms with van der Waals surface area (Å²) in [7, 11) is 0. The summed E-state index contributed by atoms with van der Waals surface area (Å²) in [4.78, 5) is 10.7. The average molecular weight is 175 g/mol. The molecule has 1 rings (SSSR count). The molecule has 0 aliphatic carbocycles. The van der Waals surface area contributed by atoms with E-state index in [0.717, 1.165) is 0 Å². The summed E-state index contributed by atoms with van der Waals surface area (Å²) in [5.41, 5.74) is 0. The number of aliphatic hydroxyl groups excluding tert-OH is 2. The Morgan fingerprint density at radius 2 is 2.42 bits per heavy atom. The van der Waals surface area contributed by atoms with Gasteiger partial charge in [0.15, 0.2) is 0 Å². The average Bonchev–Trinajstić information content (AvgIpc) is 2.32. The van der Waals surface area contributed by atoms with Crippen LogP contribution in [0, 0.1) is 0 Å². The van der Waals surface area contributed by atoms with E-state index in [1.165, 1.54) is 0 Å². The van der Waals surface area contributed by atoms with Crippen molar-refractivity contribution < 1.29 is 19.7 Å². The van der Waals surface area contributed by atoms with E-state index in [4.69, 9.17) is 14.9 Å². The van der Waals surface area contributed by atoms with Crippen LogP contribution >= 0.6 is 0 Å². The number of aliphatic hydroxyl groups is 2. The highest BCUT2D eigenvalue weighted by Gasteiger charge is 2.36. The van der Waals surface area contributed by atoms with E-state index < -0.39 is 18.3 Å². The van der Waals surface area contributed by atoms with E-state index >= 15 is 0 Å². The monoisotopic (exact) mass is 175 g/mol. The number of carbonyl (C=O) groups is 1. The van der Waals surface area contributed by atoms with Crippen LogP contribution in [0.3, 0.4) is 0 Å². The van der Waals surface area contributed by atoms with Crippen molar-refractivity contribution in [3.63, 3.8) is 0 Å². The highest BCUT2D eigenvalue weighted by molar-refractivity contribution is 5.70. The molecule has 0 aromatic rings. The number of amides is 1. The predicted octanol–water partition coefficient (Wildman–Crippen LogP) is -0.773. The van der Waals surface area contributed by atoms with Crippen molar-refractivity contribution in [3.8, 4) is 0 Å². The largest absolute Gasteiger partial charge is 0.441 e. The van der Waals surface area contributed by atoms with Gasteiger partial charge in [0.25, 0.3) is 0 Å². The molecule has 0 radical (unpaired) electrons. The summed E-state index contributed by atoms with van der Waals surface area (Å²) in [5, 5.41) is 20.3. The van der Waals surface area contributed by atoms with Crippen molar-refractivity contribution in [1.82, 2.24) is 5.32 Å². The second kappa shape index (κ2) is 3.73. The van der Waals surface area contributed by atoms with Crippen molar-refractivity contribution in [2.75, 3.05) is 6.61 Å². The Kier molecular flexibility index (Phi) is 2.88. The molecule has 12 heavy (non-hydrogen) atoms. The highest BCUT2D eigenvalue weighted by Crippen LogP contribution is 2.14. The van der Waals surface area contributed by atoms with E-state index in [-0.39, 0.29) is 12.6 Å². The molecule has 3 atom stereocenters. The van der Waals surface area contributed by atoms with Gasteiger partial charge in [-0.25, -0.2) is 4.79 Å². The lowest BCUT2D eigenvalue weighted by atomic mass is 10.1. The molecule has 1 saturated heterocycles. The first kappa shape index (κ1) is 9.28. The first-order valence-electron chi connectivity index (χ1n) is 3.91. The number of rotatable bonds is 3. The van der Waals surface area contributed by atoms with Gasteiger partial charge in [0.05, 0.1) is 12.1 Å². The van der Waals surface area contributed by atoms with Gasteiger partial charge >= 0.3 is 6.09 Å². The van der Waals surface area contributed by atoms with Crippen LogP contribution in [-0.4, -0.2) is 41.2 Å². The third-order valence-corrected chi connectivity index (χ3v) is 1.86. The van der Waals surface area contributed by atoms with Crippen molar-refractivity contribution in [2.45, 2.75) is 31.6 Å². The second-order valence-corrected chi connectivity index (χ2v) is 2.87. The lowest BCUT2D eigenvalue weighted by Gasteiger charge is -2.17. The summed E-state index contributed by atoms with van der Waals surface area (Å²) in [6.45, 7) is 1.52. The SMILES string of the molecule is C[C@@H](O)[C@@H]1OC(=O)N[C@H]1CCO. The minimum Gasteiger partial charge on any atom is -0.441 e. The highest BCUT2D eigenvalue weighted by atomic mass is 16.6. The van der Waals surface area contributed by atoms with Crippen molar-refractivity contribution >= 4 is 6.09 Å². The second-order valence-electron chi connectivity index (χ2n) is 2.87. The molecule has 0 aromatic heterocycles. The molecule has 0 bridgehead atoms. The van der Waals surface area contributed by atoms with Gasteiger partial charge in [-0.1, -0.05) is 0 Å². The molecule has 1 aliphatic heterocycles. The molecule has 0 unspecified atom stereocenters. The standard InChI is InChI=1S/C7H13NO4/c1-4(10)6-5(2-3-9)8-7(11)12-6/h4-6,9-10H,2-3H2,1H3,(H,8,11)/t4-,5+,6+/m1/s1. The smallest absolute Gasteiger partial charge is 0.407 e. The Balaban J connectivity index is 2.53. The molecule has 0 spiro atoms. The minimum atomic E-state index is -0.708. The van der Waals surface area contributed by atoms with Gasteiger partial charge in [-0.05, 0) is 13.3 Å². The van der Waals surface area contributed by atoms with Crippen LogP contribution in [0.2, 0.25) is 0 Å². The molecule has 3 N–H and O–H groups in total. The Hall–Kier alpha value is -0.810. The first-order chi connectivity index (χ1) is 5.65. The summed E-state index contributed by atoms with van der Waals surface area (Å²) in [6, 6.07) is -0.275. The third kappa shape index (κ3) is 1.86. The van der Waals surface area contributed by atoms with Crippen LogP contribution in [-0.2, 0) is 4.74 Å². The fourth-order valence-electron chi connectivity index (χ4n) is 1.28. The molecule has 0 aromatic carbocycles. The minimum absolute atomic E-state index is 0.0302. The lowest BCUT2D eigenvalue weighted by Crippen LogP contribution is -2.38. The maximum Gasteiger partial charge on any atom is 0.407 e. The van der Waals surface area contributed by atoms with Crippen LogP contribution in [0.5, 0.6) is 0 Å². The number of hydrogen-bond donors (Lipinski definition) is 3. The van der Waals surface area contributed by atoms with Gasteiger partial charge in [-0.2, -0.15) is 0 Å². The van der Waals surface area contributed by atoms with Gasteiger partial charge in [0.1, 0.15) is 6.10 Å². The molecule has 5 heteroatoms. The maximum absolute atomic E-state index is 10.7. The fourth-order valence-corrected chi connectivity index (χ4v) is 1.28. The molecular formula is C7H13NO4. The molecular weight excluding hydrogens is 162 g/mol.